The summed E-state index contributed by atoms with van der Waals surface area (Å²) in [5.41, 5.74) is 1.09. The van der Waals surface area contributed by atoms with Crippen molar-refractivity contribution in [2.75, 3.05) is 46.8 Å². The molecule has 7 heteroatoms. The molecule has 0 atom stereocenters. The summed E-state index contributed by atoms with van der Waals surface area (Å²) in [5.74, 6) is 2.41. The van der Waals surface area contributed by atoms with E-state index in [1.807, 2.05) is 18.2 Å². The topological polar surface area (TPSA) is 73.3 Å². The van der Waals surface area contributed by atoms with E-state index < -0.39 is 0 Å². The van der Waals surface area contributed by atoms with Gasteiger partial charge in [-0.15, -0.1) is 0 Å². The Kier molecular flexibility index (Phi) is 8.93. The van der Waals surface area contributed by atoms with Crippen LogP contribution in [0, 0.1) is 0 Å². The van der Waals surface area contributed by atoms with Crippen LogP contribution in [0.2, 0.25) is 0 Å². The summed E-state index contributed by atoms with van der Waals surface area (Å²) in [6, 6.07) is 5.92. The molecule has 0 fully saturated rings. The number of nitrogens with zero attached hydrogens (tertiary/aromatic N) is 1. The third kappa shape index (κ3) is 7.19. The molecule has 0 saturated carbocycles. The first-order valence-corrected chi connectivity index (χ1v) is 8.81. The van der Waals surface area contributed by atoms with Crippen molar-refractivity contribution in [2.24, 2.45) is 4.99 Å². The van der Waals surface area contributed by atoms with Gasteiger partial charge in [-0.2, -0.15) is 0 Å². The van der Waals surface area contributed by atoms with Gasteiger partial charge in [-0.25, -0.2) is 4.99 Å². The normalized spacial score (nSPS) is 13.1. The average molecular weight is 351 g/mol. The Morgan fingerprint density at radius 1 is 1.12 bits per heavy atom. The molecule has 0 bridgehead atoms. The summed E-state index contributed by atoms with van der Waals surface area (Å²) >= 11 is 0. The Morgan fingerprint density at radius 2 is 2.00 bits per heavy atom. The van der Waals surface area contributed by atoms with E-state index >= 15 is 0 Å². The first kappa shape index (κ1) is 19.3. The van der Waals surface area contributed by atoms with Crippen molar-refractivity contribution in [2.45, 2.75) is 26.3 Å². The van der Waals surface area contributed by atoms with E-state index in [4.69, 9.17) is 18.9 Å². The van der Waals surface area contributed by atoms with Crippen molar-refractivity contribution >= 4 is 5.96 Å². The minimum absolute atomic E-state index is 0.293. The smallest absolute Gasteiger partial charge is 0.231 e. The van der Waals surface area contributed by atoms with E-state index in [9.17, 15) is 0 Å². The molecule has 0 radical (unpaired) electrons. The number of fused-ring (bicyclic) bond motifs is 1. The summed E-state index contributed by atoms with van der Waals surface area (Å²) in [6.45, 7) is 6.69. The highest BCUT2D eigenvalue weighted by atomic mass is 16.7. The second-order valence-electron chi connectivity index (χ2n) is 5.62. The Balaban J connectivity index is 1.69. The van der Waals surface area contributed by atoms with Gasteiger partial charge >= 0.3 is 0 Å². The number of hydrogen-bond acceptors (Lipinski definition) is 5. The van der Waals surface area contributed by atoms with Gasteiger partial charge in [0.2, 0.25) is 6.79 Å². The van der Waals surface area contributed by atoms with Crippen LogP contribution in [0.25, 0.3) is 0 Å². The Bertz CT molecular complexity index is 537. The maximum atomic E-state index is 5.45. The highest BCUT2D eigenvalue weighted by Gasteiger charge is 2.12. The van der Waals surface area contributed by atoms with E-state index in [1.165, 1.54) is 0 Å². The van der Waals surface area contributed by atoms with Crippen molar-refractivity contribution in [3.63, 3.8) is 0 Å². The molecule has 2 rings (SSSR count). The summed E-state index contributed by atoms with van der Waals surface area (Å²) in [5, 5.41) is 6.61. The lowest BCUT2D eigenvalue weighted by molar-refractivity contribution is 0.0689. The fourth-order valence-electron chi connectivity index (χ4n) is 2.33. The first-order valence-electron chi connectivity index (χ1n) is 8.81. The van der Waals surface area contributed by atoms with Gasteiger partial charge in [0.25, 0.3) is 0 Å². The van der Waals surface area contributed by atoms with Crippen molar-refractivity contribution in [1.82, 2.24) is 10.6 Å². The van der Waals surface area contributed by atoms with Crippen LogP contribution < -0.4 is 20.1 Å². The average Bonchev–Trinajstić information content (AvgIpc) is 3.09. The molecule has 0 aromatic heterocycles. The number of benzene rings is 1. The van der Waals surface area contributed by atoms with Crippen LogP contribution in [-0.2, 0) is 16.0 Å². The van der Waals surface area contributed by atoms with E-state index in [-0.39, 0.29) is 0 Å². The molecule has 1 aliphatic heterocycles. The van der Waals surface area contributed by atoms with Crippen molar-refractivity contribution in [3.8, 4) is 11.5 Å². The Labute approximate surface area is 149 Å². The minimum atomic E-state index is 0.293. The molecule has 1 aliphatic rings. The quantitative estimate of drug-likeness (QED) is 0.360. The Morgan fingerprint density at radius 3 is 2.84 bits per heavy atom. The highest BCUT2D eigenvalue weighted by molar-refractivity contribution is 5.79. The van der Waals surface area contributed by atoms with Gasteiger partial charge in [-0.1, -0.05) is 6.07 Å². The van der Waals surface area contributed by atoms with Gasteiger partial charge in [0.05, 0.1) is 19.8 Å². The molecule has 7 nitrogen and oxygen atoms in total. The van der Waals surface area contributed by atoms with Gasteiger partial charge in [0, 0.05) is 26.8 Å². The number of nitrogens with one attached hydrogen (secondary N) is 2. The van der Waals surface area contributed by atoms with Crippen molar-refractivity contribution in [3.05, 3.63) is 23.8 Å². The van der Waals surface area contributed by atoms with Gasteiger partial charge in [-0.3, -0.25) is 0 Å². The fourth-order valence-corrected chi connectivity index (χ4v) is 2.33. The van der Waals surface area contributed by atoms with Crippen molar-refractivity contribution in [1.29, 1.82) is 0 Å². The van der Waals surface area contributed by atoms with Crippen LogP contribution >= 0.6 is 0 Å². The number of ether oxygens (including phenoxy) is 4. The first-order chi connectivity index (χ1) is 12.3. The van der Waals surface area contributed by atoms with Crippen LogP contribution in [0.1, 0.15) is 25.3 Å². The highest BCUT2D eigenvalue weighted by Crippen LogP contribution is 2.32. The molecule has 1 heterocycles. The molecule has 0 unspecified atom stereocenters. The lowest BCUT2D eigenvalue weighted by atomic mass is 10.2. The maximum absolute atomic E-state index is 5.45. The SMILES string of the molecule is CCNC(=NCc1ccc2c(c1)OCO2)NCCCCOCCOC. The zero-order valence-electron chi connectivity index (χ0n) is 15.2. The number of rotatable bonds is 11. The van der Waals surface area contributed by atoms with E-state index in [2.05, 4.69) is 22.5 Å². The molecular formula is C18H29N3O4. The molecule has 0 amide bonds. The van der Waals surface area contributed by atoms with Crippen LogP contribution in [0.4, 0.5) is 0 Å². The van der Waals surface area contributed by atoms with Crippen LogP contribution in [0.3, 0.4) is 0 Å². The molecule has 1 aromatic carbocycles. The second-order valence-corrected chi connectivity index (χ2v) is 5.62. The number of aliphatic imine (C=N–C) groups is 1. The van der Waals surface area contributed by atoms with Crippen LogP contribution in [-0.4, -0.2) is 52.8 Å². The molecular weight excluding hydrogens is 322 g/mol. The molecule has 25 heavy (non-hydrogen) atoms. The number of hydrogen-bond donors (Lipinski definition) is 2. The van der Waals surface area contributed by atoms with Gasteiger partial charge in [0.15, 0.2) is 17.5 Å². The molecule has 0 aliphatic carbocycles. The third-order valence-electron chi connectivity index (χ3n) is 3.64. The van der Waals surface area contributed by atoms with Crippen LogP contribution in [0.5, 0.6) is 11.5 Å². The molecule has 2 N–H and O–H groups in total. The van der Waals surface area contributed by atoms with Gasteiger partial charge < -0.3 is 29.6 Å². The zero-order chi connectivity index (χ0) is 17.7. The number of unbranched alkanes of at least 4 members (excludes halogenated alkanes) is 1. The standard InChI is InChI=1S/C18H29N3O4/c1-3-19-18(20-8-4-5-9-23-11-10-22-2)21-13-15-6-7-16-17(12-15)25-14-24-16/h6-7,12H,3-5,8-11,13-14H2,1-2H3,(H2,19,20,21). The third-order valence-corrected chi connectivity index (χ3v) is 3.64. The molecule has 0 saturated heterocycles. The summed E-state index contributed by atoms with van der Waals surface area (Å²) in [4.78, 5) is 4.62. The summed E-state index contributed by atoms with van der Waals surface area (Å²) < 4.78 is 21.1. The predicted molar refractivity (Wildman–Crippen MR) is 97.3 cm³/mol. The largest absolute Gasteiger partial charge is 0.454 e. The monoisotopic (exact) mass is 351 g/mol. The molecule has 1 aromatic rings. The van der Waals surface area contributed by atoms with Gasteiger partial charge in [-0.05, 0) is 37.5 Å². The van der Waals surface area contributed by atoms with Crippen LogP contribution in [0.15, 0.2) is 23.2 Å². The van der Waals surface area contributed by atoms with E-state index in [0.29, 0.717) is 26.6 Å². The summed E-state index contributed by atoms with van der Waals surface area (Å²) in [6.07, 6.45) is 2.04. The summed E-state index contributed by atoms with van der Waals surface area (Å²) in [7, 11) is 1.68. The minimum Gasteiger partial charge on any atom is -0.454 e. The lowest BCUT2D eigenvalue weighted by Gasteiger charge is -2.11. The predicted octanol–water partition coefficient (Wildman–Crippen LogP) is 1.91. The maximum Gasteiger partial charge on any atom is 0.231 e. The van der Waals surface area contributed by atoms with Crippen molar-refractivity contribution < 1.29 is 18.9 Å². The zero-order valence-corrected chi connectivity index (χ0v) is 15.2. The molecule has 0 spiro atoms. The molecule has 140 valence electrons. The number of methoxy groups -OCH3 is 1. The van der Waals surface area contributed by atoms with Gasteiger partial charge in [0.1, 0.15) is 0 Å². The number of guanidine groups is 1. The van der Waals surface area contributed by atoms with E-state index in [1.54, 1.807) is 7.11 Å². The van der Waals surface area contributed by atoms with E-state index in [0.717, 1.165) is 55.6 Å². The lowest BCUT2D eigenvalue weighted by Crippen LogP contribution is -2.37. The second kappa shape index (κ2) is 11.5. The fraction of sp³-hybridized carbons (Fsp3) is 0.611. The Hall–Kier alpha value is -1.99.